The van der Waals surface area contributed by atoms with Crippen molar-refractivity contribution < 1.29 is 0 Å². The fraction of sp³-hybridized carbons (Fsp3) is 0.778. The van der Waals surface area contributed by atoms with E-state index in [4.69, 9.17) is 6.42 Å². The highest BCUT2D eigenvalue weighted by atomic mass is 35.5. The Hall–Kier alpha value is -0.190. The molecular weight excluding hydrogens is 158 g/mol. The highest BCUT2D eigenvalue weighted by Gasteiger charge is 2.52. The minimum Gasteiger partial charge on any atom is -0.316 e. The van der Waals surface area contributed by atoms with Crippen LogP contribution in [-0.4, -0.2) is 13.1 Å². The van der Waals surface area contributed by atoms with Crippen molar-refractivity contribution in [2.45, 2.75) is 19.3 Å². The molecule has 0 aromatic heterocycles. The summed E-state index contributed by atoms with van der Waals surface area (Å²) in [5.41, 5.74) is 0.549. The van der Waals surface area contributed by atoms with Crippen LogP contribution in [0.5, 0.6) is 0 Å². The maximum atomic E-state index is 5.36. The van der Waals surface area contributed by atoms with Crippen molar-refractivity contribution in [3.05, 3.63) is 0 Å². The third-order valence-corrected chi connectivity index (χ3v) is 2.90. The van der Waals surface area contributed by atoms with Gasteiger partial charge in [-0.25, -0.2) is 0 Å². The summed E-state index contributed by atoms with van der Waals surface area (Å²) in [6, 6.07) is 0. The minimum atomic E-state index is 0. The molecule has 2 atom stereocenters. The third-order valence-electron chi connectivity index (χ3n) is 2.90. The maximum Gasteiger partial charge on any atom is 0.0275 e. The van der Waals surface area contributed by atoms with E-state index in [-0.39, 0.29) is 12.4 Å². The van der Waals surface area contributed by atoms with E-state index in [9.17, 15) is 0 Å². The Morgan fingerprint density at radius 3 is 2.82 bits per heavy atom. The highest BCUT2D eigenvalue weighted by Crippen LogP contribution is 2.55. The summed E-state index contributed by atoms with van der Waals surface area (Å²) < 4.78 is 0. The average molecular weight is 172 g/mol. The van der Waals surface area contributed by atoms with Crippen LogP contribution in [0.3, 0.4) is 0 Å². The second-order valence-corrected chi connectivity index (χ2v) is 3.57. The molecule has 0 aromatic carbocycles. The summed E-state index contributed by atoms with van der Waals surface area (Å²) in [5.74, 6) is 3.46. The first kappa shape index (κ1) is 8.90. The summed E-state index contributed by atoms with van der Waals surface area (Å²) >= 11 is 0. The van der Waals surface area contributed by atoms with Gasteiger partial charge < -0.3 is 5.32 Å². The smallest absolute Gasteiger partial charge is 0.0275 e. The van der Waals surface area contributed by atoms with E-state index in [2.05, 4.69) is 11.2 Å². The molecule has 2 unspecified atom stereocenters. The van der Waals surface area contributed by atoms with Gasteiger partial charge in [0, 0.05) is 12.5 Å². The quantitative estimate of drug-likeness (QED) is 0.544. The molecule has 1 heterocycles. The van der Waals surface area contributed by atoms with Crippen LogP contribution >= 0.6 is 12.4 Å². The first-order chi connectivity index (χ1) is 4.87. The van der Waals surface area contributed by atoms with Gasteiger partial charge in [0.15, 0.2) is 0 Å². The molecule has 2 fully saturated rings. The molecule has 0 amide bonds. The Bertz CT molecular complexity index is 176. The zero-order valence-corrected chi connectivity index (χ0v) is 7.41. The Kier molecular flexibility index (Phi) is 2.47. The molecule has 0 bridgehead atoms. The SMILES string of the molecule is C#CC1CC12CCCNC2.Cl. The van der Waals surface area contributed by atoms with Gasteiger partial charge in [0.05, 0.1) is 0 Å². The number of terminal acetylenes is 1. The summed E-state index contributed by atoms with van der Waals surface area (Å²) in [6.07, 6.45) is 9.31. The number of nitrogens with one attached hydrogen (secondary N) is 1. The van der Waals surface area contributed by atoms with Gasteiger partial charge in [0.2, 0.25) is 0 Å². The summed E-state index contributed by atoms with van der Waals surface area (Å²) in [5, 5.41) is 3.41. The Balaban J connectivity index is 0.000000605. The Labute approximate surface area is 74.3 Å². The molecule has 2 aliphatic rings. The first-order valence-corrected chi connectivity index (χ1v) is 4.04. The Morgan fingerprint density at radius 1 is 1.55 bits per heavy atom. The molecule has 1 spiro atoms. The lowest BCUT2D eigenvalue weighted by atomic mass is 9.94. The van der Waals surface area contributed by atoms with Gasteiger partial charge in [-0.15, -0.1) is 24.8 Å². The molecule has 1 nitrogen and oxygen atoms in total. The number of hydrogen-bond donors (Lipinski definition) is 1. The fourth-order valence-electron chi connectivity index (χ4n) is 2.05. The second-order valence-electron chi connectivity index (χ2n) is 3.57. The van der Waals surface area contributed by atoms with Gasteiger partial charge in [0.25, 0.3) is 0 Å². The van der Waals surface area contributed by atoms with Gasteiger partial charge >= 0.3 is 0 Å². The van der Waals surface area contributed by atoms with E-state index in [1.807, 2.05) is 0 Å². The van der Waals surface area contributed by atoms with E-state index >= 15 is 0 Å². The molecular formula is C9H14ClN. The number of halogens is 1. The van der Waals surface area contributed by atoms with Crippen LogP contribution in [0.25, 0.3) is 0 Å². The van der Waals surface area contributed by atoms with E-state index in [1.165, 1.54) is 32.4 Å². The van der Waals surface area contributed by atoms with Crippen LogP contribution in [0, 0.1) is 23.7 Å². The molecule has 0 aromatic rings. The molecule has 1 N–H and O–H groups in total. The highest BCUT2D eigenvalue weighted by molar-refractivity contribution is 5.85. The van der Waals surface area contributed by atoms with Crippen LogP contribution in [0.1, 0.15) is 19.3 Å². The lowest BCUT2D eigenvalue weighted by Crippen LogP contribution is -2.32. The van der Waals surface area contributed by atoms with E-state index in [1.54, 1.807) is 0 Å². The van der Waals surface area contributed by atoms with Crippen molar-refractivity contribution in [1.82, 2.24) is 5.32 Å². The molecule has 1 saturated carbocycles. The Morgan fingerprint density at radius 2 is 2.36 bits per heavy atom. The van der Waals surface area contributed by atoms with Crippen molar-refractivity contribution in [3.8, 4) is 12.3 Å². The zero-order valence-electron chi connectivity index (χ0n) is 6.60. The van der Waals surface area contributed by atoms with Crippen LogP contribution in [-0.2, 0) is 0 Å². The lowest BCUT2D eigenvalue weighted by molar-refractivity contribution is 0.344. The summed E-state index contributed by atoms with van der Waals surface area (Å²) in [4.78, 5) is 0. The summed E-state index contributed by atoms with van der Waals surface area (Å²) in [6.45, 7) is 2.36. The molecule has 1 aliphatic heterocycles. The lowest BCUT2D eigenvalue weighted by Gasteiger charge is -2.22. The molecule has 1 saturated heterocycles. The van der Waals surface area contributed by atoms with Gasteiger partial charge in [-0.3, -0.25) is 0 Å². The third kappa shape index (κ3) is 1.38. The first-order valence-electron chi connectivity index (χ1n) is 4.04. The van der Waals surface area contributed by atoms with Crippen molar-refractivity contribution in [3.63, 3.8) is 0 Å². The van der Waals surface area contributed by atoms with Crippen LogP contribution in [0.4, 0.5) is 0 Å². The van der Waals surface area contributed by atoms with Crippen molar-refractivity contribution in [2.24, 2.45) is 11.3 Å². The van der Waals surface area contributed by atoms with Crippen molar-refractivity contribution >= 4 is 12.4 Å². The van der Waals surface area contributed by atoms with E-state index in [0.717, 1.165) is 0 Å². The van der Waals surface area contributed by atoms with Gasteiger partial charge in [-0.2, -0.15) is 0 Å². The topological polar surface area (TPSA) is 12.0 Å². The second kappa shape index (κ2) is 3.05. The molecule has 1 aliphatic carbocycles. The standard InChI is InChI=1S/C9H13N.ClH/c1-2-8-6-9(8)4-3-5-10-7-9;/h1,8,10H,3-7H2;1H. The van der Waals surface area contributed by atoms with Crippen molar-refractivity contribution in [1.29, 1.82) is 0 Å². The van der Waals surface area contributed by atoms with Gasteiger partial charge in [-0.05, 0) is 31.2 Å². The van der Waals surface area contributed by atoms with E-state index in [0.29, 0.717) is 11.3 Å². The number of piperidine rings is 1. The predicted molar refractivity (Wildman–Crippen MR) is 48.7 cm³/mol. The van der Waals surface area contributed by atoms with Gasteiger partial charge in [-0.1, -0.05) is 0 Å². The average Bonchev–Trinajstić information content (AvgIpc) is 2.65. The largest absolute Gasteiger partial charge is 0.316 e. The van der Waals surface area contributed by atoms with Crippen molar-refractivity contribution in [2.75, 3.05) is 13.1 Å². The molecule has 0 radical (unpaired) electrons. The number of hydrogen-bond acceptors (Lipinski definition) is 1. The number of rotatable bonds is 0. The zero-order chi connectivity index (χ0) is 7.03. The minimum absolute atomic E-state index is 0. The van der Waals surface area contributed by atoms with Crippen LogP contribution in [0.15, 0.2) is 0 Å². The molecule has 2 rings (SSSR count). The molecule has 2 heteroatoms. The molecule has 62 valence electrons. The monoisotopic (exact) mass is 171 g/mol. The summed E-state index contributed by atoms with van der Waals surface area (Å²) in [7, 11) is 0. The molecule has 11 heavy (non-hydrogen) atoms. The van der Waals surface area contributed by atoms with E-state index < -0.39 is 0 Å². The van der Waals surface area contributed by atoms with Gasteiger partial charge in [0.1, 0.15) is 0 Å². The normalized spacial score (nSPS) is 40.8. The predicted octanol–water partition coefficient (Wildman–Crippen LogP) is 1.43. The van der Waals surface area contributed by atoms with Crippen LogP contribution < -0.4 is 5.32 Å². The maximum absolute atomic E-state index is 5.36. The fourth-order valence-corrected chi connectivity index (χ4v) is 2.05. The van der Waals surface area contributed by atoms with Crippen LogP contribution in [0.2, 0.25) is 0 Å².